The van der Waals surface area contributed by atoms with Crippen LogP contribution in [0.4, 0.5) is 11.4 Å². The number of hydrogen-bond acceptors (Lipinski definition) is 5. The lowest BCUT2D eigenvalue weighted by Gasteiger charge is -2.07. The number of rotatable bonds is 7. The van der Waals surface area contributed by atoms with E-state index in [9.17, 15) is 4.79 Å². The Balaban J connectivity index is 1.94. The molecule has 0 bridgehead atoms. The minimum absolute atomic E-state index is 0.256. The maximum absolute atomic E-state index is 12.1. The molecular formula is C16H19N3O3. The molecular weight excluding hydrogens is 282 g/mol. The van der Waals surface area contributed by atoms with Gasteiger partial charge in [0.2, 0.25) is 0 Å². The number of benzene rings is 1. The molecule has 0 aliphatic carbocycles. The molecule has 1 aromatic carbocycles. The molecule has 116 valence electrons. The minimum Gasteiger partial charge on any atom is -0.497 e. The molecule has 0 unspecified atom stereocenters. The number of ether oxygens (including phenoxy) is 2. The third-order valence-corrected chi connectivity index (χ3v) is 2.98. The van der Waals surface area contributed by atoms with Crippen molar-refractivity contribution in [1.29, 1.82) is 0 Å². The van der Waals surface area contributed by atoms with E-state index in [0.29, 0.717) is 24.5 Å². The van der Waals surface area contributed by atoms with Crippen LogP contribution in [0.1, 0.15) is 10.5 Å². The second-order valence-corrected chi connectivity index (χ2v) is 4.53. The first-order valence-electron chi connectivity index (χ1n) is 6.87. The number of anilines is 2. The zero-order chi connectivity index (χ0) is 15.8. The van der Waals surface area contributed by atoms with Gasteiger partial charge in [-0.15, -0.1) is 0 Å². The van der Waals surface area contributed by atoms with Crippen LogP contribution in [0.2, 0.25) is 0 Å². The summed E-state index contributed by atoms with van der Waals surface area (Å²) >= 11 is 0. The van der Waals surface area contributed by atoms with Crippen LogP contribution in [0.15, 0.2) is 42.6 Å². The number of nitrogens with zero attached hydrogens (tertiary/aromatic N) is 1. The zero-order valence-electron chi connectivity index (χ0n) is 12.6. The highest BCUT2D eigenvalue weighted by Gasteiger charge is 2.07. The Morgan fingerprint density at radius 1 is 1.09 bits per heavy atom. The van der Waals surface area contributed by atoms with Crippen LogP contribution in [0, 0.1) is 0 Å². The van der Waals surface area contributed by atoms with Gasteiger partial charge < -0.3 is 20.1 Å². The SMILES string of the molecule is COCCNc1ccc(C(=O)Nc2ccc(OC)cc2)nc1. The third-order valence-electron chi connectivity index (χ3n) is 2.98. The number of carbonyl (C=O) groups excluding carboxylic acids is 1. The van der Waals surface area contributed by atoms with Crippen molar-refractivity contribution in [1.82, 2.24) is 4.98 Å². The Kier molecular flexibility index (Phi) is 5.73. The predicted molar refractivity (Wildman–Crippen MR) is 85.5 cm³/mol. The van der Waals surface area contributed by atoms with E-state index in [1.807, 2.05) is 6.07 Å². The van der Waals surface area contributed by atoms with Gasteiger partial charge in [0.1, 0.15) is 11.4 Å². The van der Waals surface area contributed by atoms with Gasteiger partial charge in [-0.1, -0.05) is 0 Å². The highest BCUT2D eigenvalue weighted by Crippen LogP contribution is 2.16. The van der Waals surface area contributed by atoms with Crippen LogP contribution in [0.3, 0.4) is 0 Å². The van der Waals surface area contributed by atoms with Gasteiger partial charge in [0, 0.05) is 19.3 Å². The fourth-order valence-electron chi connectivity index (χ4n) is 1.80. The summed E-state index contributed by atoms with van der Waals surface area (Å²) in [5, 5.41) is 5.92. The third kappa shape index (κ3) is 4.46. The maximum Gasteiger partial charge on any atom is 0.274 e. The van der Waals surface area contributed by atoms with E-state index in [1.54, 1.807) is 50.7 Å². The lowest BCUT2D eigenvalue weighted by atomic mass is 10.2. The molecule has 22 heavy (non-hydrogen) atoms. The first-order chi connectivity index (χ1) is 10.7. The van der Waals surface area contributed by atoms with Crippen molar-refractivity contribution in [2.24, 2.45) is 0 Å². The van der Waals surface area contributed by atoms with Crippen molar-refractivity contribution in [3.63, 3.8) is 0 Å². The average Bonchev–Trinajstić information content (AvgIpc) is 2.56. The number of aromatic nitrogens is 1. The molecule has 2 aromatic rings. The van der Waals surface area contributed by atoms with Crippen LogP contribution < -0.4 is 15.4 Å². The average molecular weight is 301 g/mol. The Hall–Kier alpha value is -2.60. The smallest absolute Gasteiger partial charge is 0.274 e. The Bertz CT molecular complexity index is 597. The number of nitrogens with one attached hydrogen (secondary N) is 2. The van der Waals surface area contributed by atoms with Crippen LogP contribution in [0.25, 0.3) is 0 Å². The monoisotopic (exact) mass is 301 g/mol. The van der Waals surface area contributed by atoms with Gasteiger partial charge in [-0.05, 0) is 36.4 Å². The summed E-state index contributed by atoms with van der Waals surface area (Å²) < 4.78 is 10.0. The number of hydrogen-bond donors (Lipinski definition) is 2. The molecule has 0 aliphatic heterocycles. The summed E-state index contributed by atoms with van der Waals surface area (Å²) in [4.78, 5) is 16.2. The molecule has 0 saturated carbocycles. The van der Waals surface area contributed by atoms with Gasteiger partial charge in [-0.2, -0.15) is 0 Å². The normalized spacial score (nSPS) is 10.1. The van der Waals surface area contributed by atoms with Crippen molar-refractivity contribution in [3.8, 4) is 5.75 Å². The molecule has 0 radical (unpaired) electrons. The lowest BCUT2D eigenvalue weighted by molar-refractivity contribution is 0.102. The first kappa shape index (κ1) is 15.8. The second-order valence-electron chi connectivity index (χ2n) is 4.53. The van der Waals surface area contributed by atoms with Gasteiger partial charge in [0.25, 0.3) is 5.91 Å². The topological polar surface area (TPSA) is 72.5 Å². The van der Waals surface area contributed by atoms with Gasteiger partial charge in [0.05, 0.1) is 25.6 Å². The summed E-state index contributed by atoms with van der Waals surface area (Å²) in [6.07, 6.45) is 1.62. The van der Waals surface area contributed by atoms with Crippen LogP contribution in [0.5, 0.6) is 5.75 Å². The Labute approximate surface area is 129 Å². The van der Waals surface area contributed by atoms with E-state index < -0.39 is 0 Å². The standard InChI is InChI=1S/C16H19N3O3/c1-21-10-9-17-13-5-8-15(18-11-13)16(20)19-12-3-6-14(22-2)7-4-12/h3-8,11,17H,9-10H2,1-2H3,(H,19,20). The number of pyridine rings is 1. The van der Waals surface area contributed by atoms with Gasteiger partial charge >= 0.3 is 0 Å². The fraction of sp³-hybridized carbons (Fsp3) is 0.250. The Morgan fingerprint density at radius 3 is 2.41 bits per heavy atom. The van der Waals surface area contributed by atoms with E-state index in [2.05, 4.69) is 15.6 Å². The molecule has 6 nitrogen and oxygen atoms in total. The number of carbonyl (C=O) groups is 1. The molecule has 0 aliphatic rings. The zero-order valence-corrected chi connectivity index (χ0v) is 12.6. The van der Waals surface area contributed by atoms with Crippen molar-refractivity contribution in [3.05, 3.63) is 48.3 Å². The summed E-state index contributed by atoms with van der Waals surface area (Å²) in [5.41, 5.74) is 1.89. The van der Waals surface area contributed by atoms with Crippen molar-refractivity contribution < 1.29 is 14.3 Å². The molecule has 1 amide bonds. The number of methoxy groups -OCH3 is 2. The molecule has 0 saturated heterocycles. The minimum atomic E-state index is -0.256. The van der Waals surface area contributed by atoms with Crippen molar-refractivity contribution in [2.75, 3.05) is 38.0 Å². The van der Waals surface area contributed by atoms with Crippen LogP contribution in [-0.2, 0) is 4.74 Å². The summed E-state index contributed by atoms with van der Waals surface area (Å²) in [7, 11) is 3.24. The molecule has 0 fully saturated rings. The molecule has 1 aromatic heterocycles. The van der Waals surface area contributed by atoms with E-state index in [-0.39, 0.29) is 5.91 Å². The summed E-state index contributed by atoms with van der Waals surface area (Å²) in [6.45, 7) is 1.30. The van der Waals surface area contributed by atoms with E-state index >= 15 is 0 Å². The van der Waals surface area contributed by atoms with Gasteiger partial charge in [-0.3, -0.25) is 4.79 Å². The lowest BCUT2D eigenvalue weighted by Crippen LogP contribution is -2.14. The molecule has 0 atom stereocenters. The fourth-order valence-corrected chi connectivity index (χ4v) is 1.80. The molecule has 6 heteroatoms. The van der Waals surface area contributed by atoms with Gasteiger partial charge in [0.15, 0.2) is 0 Å². The van der Waals surface area contributed by atoms with E-state index in [1.165, 1.54) is 0 Å². The molecule has 1 heterocycles. The first-order valence-corrected chi connectivity index (χ1v) is 6.87. The molecule has 0 spiro atoms. The van der Waals surface area contributed by atoms with Crippen molar-refractivity contribution in [2.45, 2.75) is 0 Å². The highest BCUT2D eigenvalue weighted by atomic mass is 16.5. The maximum atomic E-state index is 12.1. The molecule has 2 N–H and O–H groups in total. The largest absolute Gasteiger partial charge is 0.497 e. The highest BCUT2D eigenvalue weighted by molar-refractivity contribution is 6.02. The van der Waals surface area contributed by atoms with E-state index in [0.717, 1.165) is 11.4 Å². The predicted octanol–water partition coefficient (Wildman–Crippen LogP) is 2.40. The van der Waals surface area contributed by atoms with Crippen LogP contribution >= 0.6 is 0 Å². The molecule has 2 rings (SSSR count). The van der Waals surface area contributed by atoms with Crippen LogP contribution in [-0.4, -0.2) is 38.3 Å². The summed E-state index contributed by atoms with van der Waals surface area (Å²) in [5.74, 6) is 0.483. The second kappa shape index (κ2) is 7.99. The number of amides is 1. The van der Waals surface area contributed by atoms with Crippen molar-refractivity contribution >= 4 is 17.3 Å². The van der Waals surface area contributed by atoms with Gasteiger partial charge in [-0.25, -0.2) is 4.98 Å². The summed E-state index contributed by atoms with van der Waals surface area (Å²) in [6, 6.07) is 10.6. The quantitative estimate of drug-likeness (QED) is 0.768. The van der Waals surface area contributed by atoms with E-state index in [4.69, 9.17) is 9.47 Å². The Morgan fingerprint density at radius 2 is 1.82 bits per heavy atom.